The van der Waals surface area contributed by atoms with Gasteiger partial charge in [-0.1, -0.05) is 24.4 Å². The summed E-state index contributed by atoms with van der Waals surface area (Å²) < 4.78 is 7.79. The topological polar surface area (TPSA) is 44.1 Å². The number of hydrogen-bond acceptors (Lipinski definition) is 3. The molecule has 1 unspecified atom stereocenters. The molecule has 1 aromatic rings. The zero-order valence-electron chi connectivity index (χ0n) is 10.3. The first-order valence-corrected chi connectivity index (χ1v) is 6.95. The van der Waals surface area contributed by atoms with E-state index >= 15 is 0 Å². The number of halogens is 1. The summed E-state index contributed by atoms with van der Waals surface area (Å²) in [5, 5.41) is 0.0334. The highest BCUT2D eigenvalue weighted by Crippen LogP contribution is 2.43. The molecule has 1 aromatic heterocycles. The van der Waals surface area contributed by atoms with Crippen LogP contribution in [0, 0.1) is 0 Å². The van der Waals surface area contributed by atoms with Gasteiger partial charge in [0.1, 0.15) is 0 Å². The van der Waals surface area contributed by atoms with Gasteiger partial charge in [0.2, 0.25) is 0 Å². The first-order valence-electron chi connectivity index (χ1n) is 6.57. The summed E-state index contributed by atoms with van der Waals surface area (Å²) in [6.45, 7) is 0.586. The highest BCUT2D eigenvalue weighted by Gasteiger charge is 2.42. The molecule has 1 spiro atoms. The van der Waals surface area contributed by atoms with Crippen molar-refractivity contribution in [2.45, 2.75) is 56.8 Å². The van der Waals surface area contributed by atoms with Gasteiger partial charge < -0.3 is 9.30 Å². The number of ether oxygens (including phenoxy) is 1. The summed E-state index contributed by atoms with van der Waals surface area (Å²) in [4.78, 5) is 15.6. The molecule has 1 aliphatic heterocycles. The van der Waals surface area contributed by atoms with Crippen LogP contribution < -0.4 is 5.56 Å². The summed E-state index contributed by atoms with van der Waals surface area (Å²) in [5.74, 6) is 0. The normalized spacial score (nSPS) is 25.9. The average Bonchev–Trinajstić information content (AvgIpc) is 2.97. The molecule has 1 saturated heterocycles. The Kier molecular flexibility index (Phi) is 3.16. The van der Waals surface area contributed by atoms with Gasteiger partial charge >= 0.3 is 0 Å². The molecule has 18 heavy (non-hydrogen) atoms. The predicted octanol–water partition coefficient (Wildman–Crippen LogP) is 2.39. The van der Waals surface area contributed by atoms with Gasteiger partial charge in [-0.25, -0.2) is 4.98 Å². The van der Waals surface area contributed by atoms with Crippen molar-refractivity contribution in [3.63, 3.8) is 0 Å². The fraction of sp³-hybridized carbons (Fsp3) is 0.692. The zero-order valence-corrected chi connectivity index (χ0v) is 11.0. The third-order valence-electron chi connectivity index (χ3n) is 4.13. The number of hydrogen-bond donors (Lipinski definition) is 0. The Morgan fingerprint density at radius 2 is 2.22 bits per heavy atom. The van der Waals surface area contributed by atoms with Gasteiger partial charge in [0.25, 0.3) is 5.56 Å². The Morgan fingerprint density at radius 3 is 3.00 bits per heavy atom. The van der Waals surface area contributed by atoms with E-state index in [2.05, 4.69) is 4.98 Å². The summed E-state index contributed by atoms with van der Waals surface area (Å²) in [5.41, 5.74) is -0.111. The second-order valence-electron chi connectivity index (χ2n) is 5.34. The van der Waals surface area contributed by atoms with Crippen molar-refractivity contribution in [2.24, 2.45) is 0 Å². The van der Waals surface area contributed by atoms with Crippen LogP contribution in [0.15, 0.2) is 17.2 Å². The van der Waals surface area contributed by atoms with E-state index in [1.54, 1.807) is 17.0 Å². The summed E-state index contributed by atoms with van der Waals surface area (Å²) in [7, 11) is 0. The molecule has 2 aliphatic rings. The molecule has 2 fully saturated rings. The fourth-order valence-electron chi connectivity index (χ4n) is 3.20. The van der Waals surface area contributed by atoms with Crippen molar-refractivity contribution in [1.29, 1.82) is 0 Å². The molecule has 4 nitrogen and oxygen atoms in total. The number of nitrogens with zero attached hydrogens (tertiary/aromatic N) is 2. The summed E-state index contributed by atoms with van der Waals surface area (Å²) in [6.07, 6.45) is 10.4. The van der Waals surface area contributed by atoms with E-state index in [-0.39, 0.29) is 22.4 Å². The molecule has 0 amide bonds. The van der Waals surface area contributed by atoms with Crippen molar-refractivity contribution < 1.29 is 4.74 Å². The van der Waals surface area contributed by atoms with E-state index in [4.69, 9.17) is 16.3 Å². The van der Waals surface area contributed by atoms with Gasteiger partial charge in [0.05, 0.1) is 18.2 Å². The molecule has 98 valence electrons. The fourth-order valence-corrected chi connectivity index (χ4v) is 3.36. The molecule has 1 atom stereocenters. The van der Waals surface area contributed by atoms with Crippen LogP contribution in [0.1, 0.15) is 38.5 Å². The molecule has 3 rings (SSSR count). The molecule has 0 aromatic carbocycles. The largest absolute Gasteiger partial charge is 0.370 e. The molecule has 0 bridgehead atoms. The Labute approximate surface area is 111 Å². The summed E-state index contributed by atoms with van der Waals surface area (Å²) >= 11 is 5.73. The minimum absolute atomic E-state index is 0.0334. The molecular weight excluding hydrogens is 252 g/mol. The quantitative estimate of drug-likeness (QED) is 0.827. The third-order valence-corrected chi connectivity index (χ3v) is 4.38. The van der Waals surface area contributed by atoms with Crippen LogP contribution in [0.5, 0.6) is 0 Å². The smallest absolute Gasteiger partial charge is 0.288 e. The van der Waals surface area contributed by atoms with Gasteiger partial charge in [-0.05, 0) is 25.7 Å². The van der Waals surface area contributed by atoms with Crippen LogP contribution in [-0.4, -0.2) is 21.3 Å². The lowest BCUT2D eigenvalue weighted by Crippen LogP contribution is -2.30. The maximum absolute atomic E-state index is 11.8. The Morgan fingerprint density at radius 1 is 1.44 bits per heavy atom. The first kappa shape index (κ1) is 12.2. The van der Waals surface area contributed by atoms with Crippen molar-refractivity contribution >= 4 is 11.6 Å². The molecule has 2 heterocycles. The van der Waals surface area contributed by atoms with E-state index in [1.807, 2.05) is 0 Å². The third kappa shape index (κ3) is 2.19. The molecule has 5 heteroatoms. The molecular formula is C13H17ClN2O2. The van der Waals surface area contributed by atoms with Crippen molar-refractivity contribution in [1.82, 2.24) is 9.55 Å². The highest BCUT2D eigenvalue weighted by atomic mass is 35.5. The van der Waals surface area contributed by atoms with E-state index in [9.17, 15) is 4.79 Å². The summed E-state index contributed by atoms with van der Waals surface area (Å²) in [6, 6.07) is 0. The molecule has 1 aliphatic carbocycles. The van der Waals surface area contributed by atoms with Crippen molar-refractivity contribution in [2.75, 3.05) is 0 Å². The predicted molar refractivity (Wildman–Crippen MR) is 68.8 cm³/mol. The number of rotatable bonds is 2. The monoisotopic (exact) mass is 268 g/mol. The van der Waals surface area contributed by atoms with E-state index in [0.29, 0.717) is 6.54 Å². The second-order valence-corrected chi connectivity index (χ2v) is 5.70. The van der Waals surface area contributed by atoms with Crippen LogP contribution >= 0.6 is 11.6 Å². The van der Waals surface area contributed by atoms with E-state index in [0.717, 1.165) is 12.8 Å². The molecule has 0 radical (unpaired) electrons. The SMILES string of the molecule is O=c1c(Cl)nccn1CC1CCC2(CCCC2)O1. The average molecular weight is 269 g/mol. The second kappa shape index (κ2) is 4.67. The van der Waals surface area contributed by atoms with E-state index in [1.165, 1.54) is 25.7 Å². The van der Waals surface area contributed by atoms with Crippen molar-refractivity contribution in [3.05, 3.63) is 27.9 Å². The minimum Gasteiger partial charge on any atom is -0.370 e. The van der Waals surface area contributed by atoms with Crippen LogP contribution in [0.4, 0.5) is 0 Å². The van der Waals surface area contributed by atoms with Crippen LogP contribution in [-0.2, 0) is 11.3 Å². The lowest BCUT2D eigenvalue weighted by atomic mass is 9.98. The van der Waals surface area contributed by atoms with Gasteiger partial charge in [0.15, 0.2) is 5.15 Å². The first-order chi connectivity index (χ1) is 8.69. The van der Waals surface area contributed by atoms with E-state index < -0.39 is 0 Å². The molecule has 0 N–H and O–H groups in total. The number of aromatic nitrogens is 2. The lowest BCUT2D eigenvalue weighted by molar-refractivity contribution is -0.0421. The van der Waals surface area contributed by atoms with Gasteiger partial charge in [0, 0.05) is 12.4 Å². The Bertz CT molecular complexity index is 494. The van der Waals surface area contributed by atoms with Crippen LogP contribution in [0.3, 0.4) is 0 Å². The van der Waals surface area contributed by atoms with Gasteiger partial charge in [-0.2, -0.15) is 0 Å². The zero-order chi connectivity index (χ0) is 12.6. The van der Waals surface area contributed by atoms with Gasteiger partial charge in [-0.15, -0.1) is 0 Å². The van der Waals surface area contributed by atoms with Crippen LogP contribution in [0.2, 0.25) is 5.15 Å². The maximum atomic E-state index is 11.8. The highest BCUT2D eigenvalue weighted by molar-refractivity contribution is 6.29. The molecule has 1 saturated carbocycles. The van der Waals surface area contributed by atoms with Crippen LogP contribution in [0.25, 0.3) is 0 Å². The lowest BCUT2D eigenvalue weighted by Gasteiger charge is -2.24. The van der Waals surface area contributed by atoms with Crippen molar-refractivity contribution in [3.8, 4) is 0 Å². The Balaban J connectivity index is 1.71. The minimum atomic E-state index is -0.227. The van der Waals surface area contributed by atoms with Gasteiger partial charge in [-0.3, -0.25) is 4.79 Å². The Hall–Kier alpha value is -0.870. The standard InChI is InChI=1S/C13H17ClN2O2/c14-11-12(17)16(8-7-15-11)9-10-3-6-13(18-10)4-1-2-5-13/h7-8,10H,1-6,9H2. The maximum Gasteiger partial charge on any atom is 0.288 e.